The number of aromatic amines is 1. The van der Waals surface area contributed by atoms with Gasteiger partial charge < -0.3 is 57.7 Å². The molecule has 3 aromatic heterocycles. The van der Waals surface area contributed by atoms with Crippen molar-refractivity contribution < 1.29 is 56.7 Å². The van der Waals surface area contributed by atoms with Crippen LogP contribution in [0.1, 0.15) is 86.9 Å². The molecule has 7 atom stereocenters. The Labute approximate surface area is 523 Å². The number of rotatable bonds is 24. The number of nitriles is 1. The van der Waals surface area contributed by atoms with Crippen LogP contribution in [0.3, 0.4) is 0 Å². The highest BCUT2D eigenvalue weighted by atomic mass is 31.2. The van der Waals surface area contributed by atoms with Crippen LogP contribution in [0.2, 0.25) is 0 Å². The molecule has 0 bridgehead atoms. The number of anilines is 1. The molecule has 1 aliphatic carbocycles. The van der Waals surface area contributed by atoms with Crippen molar-refractivity contribution in [1.29, 1.82) is 5.26 Å². The average molecular weight is 1250 g/mol. The van der Waals surface area contributed by atoms with Crippen molar-refractivity contribution in [3.05, 3.63) is 236 Å². The van der Waals surface area contributed by atoms with Crippen LogP contribution in [0, 0.1) is 18.3 Å². The van der Waals surface area contributed by atoms with Crippen molar-refractivity contribution in [1.82, 2.24) is 34.4 Å². The Bertz CT molecular complexity index is 4110. The first-order valence-corrected chi connectivity index (χ1v) is 30.6. The Morgan fingerprint density at radius 2 is 1.38 bits per heavy atom. The van der Waals surface area contributed by atoms with Crippen LogP contribution in [-0.4, -0.2) is 111 Å². The van der Waals surface area contributed by atoms with E-state index in [1.165, 1.54) is 23.4 Å². The van der Waals surface area contributed by atoms with Gasteiger partial charge >= 0.3 is 20.4 Å². The third-order valence-corrected chi connectivity index (χ3v) is 17.5. The molecule has 2 fully saturated rings. The zero-order valence-corrected chi connectivity index (χ0v) is 50.6. The summed E-state index contributed by atoms with van der Waals surface area (Å²) in [7, 11) is 0.852. The summed E-state index contributed by atoms with van der Waals surface area (Å²) in [6.45, 7) is 1.50. The fourth-order valence-corrected chi connectivity index (χ4v) is 12.8. The summed E-state index contributed by atoms with van der Waals surface area (Å²) in [5.41, 5.74) is 6.25. The first kappa shape index (κ1) is 61.8. The first-order valence-electron chi connectivity index (χ1n) is 29.5. The Kier molecular flexibility index (Phi) is 18.8. The van der Waals surface area contributed by atoms with Crippen LogP contribution in [-0.2, 0) is 44.7 Å². The molecule has 4 N–H and O–H groups in total. The van der Waals surface area contributed by atoms with E-state index in [0.29, 0.717) is 22.7 Å². The maximum atomic E-state index is 13.6. The number of aliphatic hydroxyl groups excluding tert-OH is 1. The zero-order chi connectivity index (χ0) is 63.0. The molecule has 466 valence electrons. The second kappa shape index (κ2) is 27.7. The minimum Gasteiger partial charge on any atom is -0.497 e. The minimum atomic E-state index is -2.33. The lowest BCUT2D eigenvalue weighted by molar-refractivity contribution is -0.0939. The number of carbonyl (C=O) groups is 2. The van der Waals surface area contributed by atoms with Crippen LogP contribution in [0.15, 0.2) is 180 Å². The Hall–Kier alpha value is -9.47. The van der Waals surface area contributed by atoms with Gasteiger partial charge in [-0.2, -0.15) is 5.26 Å². The molecule has 2 saturated heterocycles. The van der Waals surface area contributed by atoms with E-state index in [9.17, 15) is 29.5 Å². The molecular weight excluding hydrogens is 1190 g/mol. The van der Waals surface area contributed by atoms with Gasteiger partial charge in [0.15, 0.2) is 17.0 Å². The normalized spacial score (nSPS) is 18.9. The summed E-state index contributed by atoms with van der Waals surface area (Å²) in [4.78, 5) is 68.2. The number of nitrogens with one attached hydrogen (secondary N) is 3. The van der Waals surface area contributed by atoms with E-state index in [4.69, 9.17) is 42.0 Å². The van der Waals surface area contributed by atoms with Crippen molar-refractivity contribution in [2.24, 2.45) is 0 Å². The monoisotopic (exact) mass is 1250 g/mol. The van der Waals surface area contributed by atoms with E-state index >= 15 is 0 Å². The largest absolute Gasteiger partial charge is 0.497 e. The standard InChI is InChI=1S/C67H64N9O14P/c1-41-35-75(65(80)74-63(41)78)59-33-55(57(89-59)37-85-67(44-12-5-4-6-13-44,45-22-26-47(82-2)27-23-45)46-24-28-48(83-3)29-25-46)90-91(86-31-11-30-68)87-38-56-54(77)32-58(88-56)76-40-72-60-61(70-39-71-62(60)76)73-64(79)43-20-18-42(19-21-43)34-69-66(81)84-36-53-51-16-9-7-14-49(51)50-15-8-10-17-52(50)53/h4-10,12-29,35,39-40,53-59,77H,11,31-34,36-38H2,1-3H3,(H,69,81)(H,74,78,80)(H,70,71,73,79)/t54-,55-,56-,57-,58-,59-,91?/m1/s1. The van der Waals surface area contributed by atoms with Gasteiger partial charge in [-0.3, -0.25) is 23.7 Å². The van der Waals surface area contributed by atoms with Crippen LogP contribution >= 0.6 is 8.60 Å². The number of methoxy groups -OCH3 is 2. The van der Waals surface area contributed by atoms with Gasteiger partial charge in [0.1, 0.15) is 54.7 Å². The molecule has 2 amide bonds. The Morgan fingerprint density at radius 3 is 2.05 bits per heavy atom. The zero-order valence-electron chi connectivity index (χ0n) is 49.7. The topological polar surface area (TPSA) is 284 Å². The SMILES string of the molecule is COc1ccc(C(OC[C@H]2O[C@@H](n3cc(C)c(=O)[nH]c3=O)C[C@H]2OP(OCCC#N)OC[C@H]2O[C@@H](n3cnc4c(NC(=O)c5ccc(CNC(=O)OCC6c7ccccc7-c7ccccc76)cc5)ncnc43)C[C@H]2O)(c2ccccc2)c2ccc(OC)cc2)cc1. The number of hydrogen-bond donors (Lipinski definition) is 4. The molecule has 0 radical (unpaired) electrons. The van der Waals surface area contributed by atoms with Gasteiger partial charge in [-0.05, 0) is 87.8 Å². The van der Waals surface area contributed by atoms with Crippen molar-refractivity contribution in [2.45, 2.75) is 81.1 Å². The fraction of sp³-hybridized carbons (Fsp3) is 0.284. The number of carbonyl (C=O) groups excluding carboxylic acids is 2. The van der Waals surface area contributed by atoms with Gasteiger partial charge in [0.25, 0.3) is 11.5 Å². The fourth-order valence-electron chi connectivity index (χ4n) is 11.7. The smallest absolute Gasteiger partial charge is 0.407 e. The van der Waals surface area contributed by atoms with Crippen molar-refractivity contribution >= 4 is 37.6 Å². The third-order valence-electron chi connectivity index (χ3n) is 16.4. The molecule has 0 saturated carbocycles. The molecule has 24 heteroatoms. The number of alkyl carbamates (subject to hydrolysis) is 1. The Balaban J connectivity index is 0.711. The number of amides is 2. The van der Waals surface area contributed by atoms with Gasteiger partial charge in [-0.25, -0.2) is 24.5 Å². The summed E-state index contributed by atoms with van der Waals surface area (Å²) in [5.74, 6) is 0.875. The van der Waals surface area contributed by atoms with Gasteiger partial charge in [0, 0.05) is 42.6 Å². The molecule has 12 rings (SSSR count). The highest BCUT2D eigenvalue weighted by molar-refractivity contribution is 7.41. The van der Waals surface area contributed by atoms with Crippen LogP contribution < -0.4 is 31.4 Å². The molecule has 91 heavy (non-hydrogen) atoms. The van der Waals surface area contributed by atoms with Crippen LogP contribution in [0.4, 0.5) is 10.6 Å². The molecule has 2 aliphatic heterocycles. The number of benzene rings is 6. The maximum absolute atomic E-state index is 13.6. The average Bonchev–Trinajstić information content (AvgIpc) is 1.36. The van der Waals surface area contributed by atoms with Gasteiger partial charge in [-0.1, -0.05) is 115 Å². The number of aryl methyl sites for hydroxylation is 1. The summed E-state index contributed by atoms with van der Waals surface area (Å²) >= 11 is 0. The summed E-state index contributed by atoms with van der Waals surface area (Å²) in [6.07, 6.45) is -1.75. The lowest BCUT2D eigenvalue weighted by Gasteiger charge is -2.37. The molecule has 1 unspecified atom stereocenters. The number of nitrogens with zero attached hydrogens (tertiary/aromatic N) is 6. The molecule has 5 heterocycles. The molecule has 3 aliphatic rings. The van der Waals surface area contributed by atoms with Crippen molar-refractivity contribution in [3.8, 4) is 28.7 Å². The number of fused-ring (bicyclic) bond motifs is 4. The molecule has 23 nitrogen and oxygen atoms in total. The second-order valence-corrected chi connectivity index (χ2v) is 23.0. The van der Waals surface area contributed by atoms with Gasteiger partial charge in [-0.15, -0.1) is 0 Å². The minimum absolute atomic E-state index is 0.00258. The number of imidazole rings is 1. The van der Waals surface area contributed by atoms with E-state index < -0.39 is 74.3 Å². The third kappa shape index (κ3) is 13.3. The summed E-state index contributed by atoms with van der Waals surface area (Å²) in [5, 5.41) is 26.7. The maximum Gasteiger partial charge on any atom is 0.407 e. The number of ether oxygens (including phenoxy) is 6. The quantitative estimate of drug-likeness (QED) is 0.0249. The Morgan fingerprint density at radius 1 is 0.747 bits per heavy atom. The van der Waals surface area contributed by atoms with E-state index in [0.717, 1.165) is 44.5 Å². The summed E-state index contributed by atoms with van der Waals surface area (Å²) in [6, 6.07) is 49.9. The highest BCUT2D eigenvalue weighted by Gasteiger charge is 2.45. The summed E-state index contributed by atoms with van der Waals surface area (Å²) < 4.78 is 59.3. The number of H-pyrrole nitrogens is 1. The number of hydrogen-bond acceptors (Lipinski definition) is 18. The van der Waals surface area contributed by atoms with Gasteiger partial charge in [0.2, 0.25) is 0 Å². The van der Waals surface area contributed by atoms with Crippen LogP contribution in [0.5, 0.6) is 11.5 Å². The second-order valence-electron chi connectivity index (χ2n) is 21.9. The van der Waals surface area contributed by atoms with E-state index in [-0.39, 0.29) is 75.1 Å². The van der Waals surface area contributed by atoms with E-state index in [2.05, 4.69) is 60.9 Å². The van der Waals surface area contributed by atoms with Crippen molar-refractivity contribution in [2.75, 3.05) is 46.0 Å². The first-order chi connectivity index (χ1) is 44.4. The van der Waals surface area contributed by atoms with E-state index in [1.807, 2.05) is 103 Å². The number of aliphatic hydroxyl groups is 1. The molecule has 0 spiro atoms. The van der Waals surface area contributed by atoms with Crippen LogP contribution in [0.25, 0.3) is 22.3 Å². The predicted molar refractivity (Wildman–Crippen MR) is 333 cm³/mol. The molecule has 6 aromatic carbocycles. The van der Waals surface area contributed by atoms with E-state index in [1.54, 1.807) is 50.0 Å². The van der Waals surface area contributed by atoms with Gasteiger partial charge in [0.05, 0.1) is 65.1 Å². The highest BCUT2D eigenvalue weighted by Crippen LogP contribution is 2.49. The molecular formula is C67H64N9O14P. The lowest BCUT2D eigenvalue weighted by atomic mass is 9.80. The lowest BCUT2D eigenvalue weighted by Crippen LogP contribution is -2.38. The predicted octanol–water partition coefficient (Wildman–Crippen LogP) is 9.50. The molecule has 9 aromatic rings. The number of aromatic nitrogens is 6. The van der Waals surface area contributed by atoms with Crippen molar-refractivity contribution in [3.63, 3.8) is 0 Å².